The van der Waals surface area contributed by atoms with Gasteiger partial charge in [-0.15, -0.1) is 13.2 Å². The topological polar surface area (TPSA) is 9.23 Å². The van der Waals surface area contributed by atoms with Crippen LogP contribution in [0.4, 0.5) is 26.3 Å². The van der Waals surface area contributed by atoms with Gasteiger partial charge in [-0.2, -0.15) is 13.2 Å². The van der Waals surface area contributed by atoms with Gasteiger partial charge in [0.15, 0.2) is 0 Å². The summed E-state index contributed by atoms with van der Waals surface area (Å²) in [5.41, 5.74) is -1.53. The van der Waals surface area contributed by atoms with E-state index in [0.29, 0.717) is 12.1 Å². The number of halogens is 7. The third-order valence-corrected chi connectivity index (χ3v) is 1.71. The van der Waals surface area contributed by atoms with Gasteiger partial charge in [0.1, 0.15) is 5.75 Å². The van der Waals surface area contributed by atoms with Crippen LogP contribution in [0.3, 0.4) is 0 Å². The number of benzene rings is 1. The van der Waals surface area contributed by atoms with Crippen molar-refractivity contribution in [3.8, 4) is 5.75 Å². The Morgan fingerprint density at radius 1 is 1.00 bits per heavy atom. The summed E-state index contributed by atoms with van der Waals surface area (Å²) in [5, 5.41) is -0.285. The van der Waals surface area contributed by atoms with Crippen molar-refractivity contribution in [3.63, 3.8) is 0 Å². The molecule has 0 aliphatic carbocycles. The molecular weight excluding hydrogens is 262 g/mol. The average molecular weight is 265 g/mol. The van der Waals surface area contributed by atoms with E-state index in [9.17, 15) is 26.3 Å². The maximum Gasteiger partial charge on any atom is 0.573 e. The second-order valence-electron chi connectivity index (χ2n) is 2.69. The molecule has 0 fully saturated rings. The van der Waals surface area contributed by atoms with E-state index in [-0.39, 0.29) is 5.02 Å². The van der Waals surface area contributed by atoms with Gasteiger partial charge < -0.3 is 4.74 Å². The van der Waals surface area contributed by atoms with Crippen molar-refractivity contribution in [2.45, 2.75) is 12.5 Å². The van der Waals surface area contributed by atoms with E-state index in [0.717, 1.165) is 6.07 Å². The van der Waals surface area contributed by atoms with Gasteiger partial charge in [0.05, 0.1) is 5.56 Å². The first kappa shape index (κ1) is 13.0. The molecule has 90 valence electrons. The van der Waals surface area contributed by atoms with Gasteiger partial charge in [-0.3, -0.25) is 0 Å². The lowest BCUT2D eigenvalue weighted by atomic mass is 10.2. The fourth-order valence-corrected chi connectivity index (χ4v) is 1.10. The molecule has 0 N–H and O–H groups in total. The predicted octanol–water partition coefficient (Wildman–Crippen LogP) is 4.26. The van der Waals surface area contributed by atoms with Crippen molar-refractivity contribution in [2.75, 3.05) is 0 Å². The van der Waals surface area contributed by atoms with Crippen LogP contribution in [-0.2, 0) is 6.18 Å². The van der Waals surface area contributed by atoms with Crippen molar-refractivity contribution in [1.29, 1.82) is 0 Å². The van der Waals surface area contributed by atoms with E-state index < -0.39 is 23.9 Å². The van der Waals surface area contributed by atoms with E-state index in [4.69, 9.17) is 11.6 Å². The van der Waals surface area contributed by atoms with Crippen molar-refractivity contribution >= 4 is 11.6 Å². The highest BCUT2D eigenvalue weighted by Crippen LogP contribution is 2.39. The molecule has 0 bridgehead atoms. The van der Waals surface area contributed by atoms with Crippen molar-refractivity contribution in [1.82, 2.24) is 0 Å². The Kier molecular flexibility index (Phi) is 3.27. The van der Waals surface area contributed by atoms with Crippen LogP contribution in [0.25, 0.3) is 0 Å². The van der Waals surface area contributed by atoms with Crippen LogP contribution in [-0.4, -0.2) is 6.36 Å². The predicted molar refractivity (Wildman–Crippen MR) is 43.1 cm³/mol. The lowest BCUT2D eigenvalue weighted by Crippen LogP contribution is -2.20. The van der Waals surface area contributed by atoms with Crippen LogP contribution in [0.2, 0.25) is 5.02 Å². The monoisotopic (exact) mass is 264 g/mol. The van der Waals surface area contributed by atoms with Crippen molar-refractivity contribution < 1.29 is 31.1 Å². The van der Waals surface area contributed by atoms with Crippen LogP contribution in [0, 0.1) is 0 Å². The maximum atomic E-state index is 12.3. The Labute approximate surface area is 90.6 Å². The van der Waals surface area contributed by atoms with Gasteiger partial charge in [-0.1, -0.05) is 11.6 Å². The average Bonchev–Trinajstić information content (AvgIpc) is 1.97. The molecule has 0 saturated carbocycles. The van der Waals surface area contributed by atoms with Crippen molar-refractivity contribution in [3.05, 3.63) is 28.8 Å². The van der Waals surface area contributed by atoms with Crippen LogP contribution < -0.4 is 4.74 Å². The highest BCUT2D eigenvalue weighted by Gasteiger charge is 2.39. The van der Waals surface area contributed by atoms with Gasteiger partial charge in [0.2, 0.25) is 0 Å². The van der Waals surface area contributed by atoms with Crippen molar-refractivity contribution in [2.24, 2.45) is 0 Å². The summed E-state index contributed by atoms with van der Waals surface area (Å²) in [7, 11) is 0. The molecule has 0 heterocycles. The molecule has 1 nitrogen and oxygen atoms in total. The molecule has 0 unspecified atom stereocenters. The molecular formula is C8H3ClF6O. The fourth-order valence-electron chi connectivity index (χ4n) is 0.939. The Morgan fingerprint density at radius 3 is 2.00 bits per heavy atom. The zero-order valence-electron chi connectivity index (χ0n) is 7.29. The first-order valence-corrected chi connectivity index (χ1v) is 4.10. The van der Waals surface area contributed by atoms with Gasteiger partial charge >= 0.3 is 12.5 Å². The quantitative estimate of drug-likeness (QED) is 0.689. The Morgan fingerprint density at radius 2 is 1.56 bits per heavy atom. The molecule has 1 aromatic rings. The summed E-state index contributed by atoms with van der Waals surface area (Å²) in [4.78, 5) is 0. The molecule has 0 aromatic heterocycles. The summed E-state index contributed by atoms with van der Waals surface area (Å²) in [6.45, 7) is 0. The Balaban J connectivity index is 3.19. The van der Waals surface area contributed by atoms with E-state index in [1.807, 2.05) is 0 Å². The van der Waals surface area contributed by atoms with E-state index >= 15 is 0 Å². The molecule has 0 spiro atoms. The van der Waals surface area contributed by atoms with Gasteiger partial charge in [-0.05, 0) is 18.2 Å². The van der Waals surface area contributed by atoms with E-state index in [1.54, 1.807) is 0 Å². The summed E-state index contributed by atoms with van der Waals surface area (Å²) < 4.78 is 75.5. The highest BCUT2D eigenvalue weighted by molar-refractivity contribution is 6.30. The van der Waals surface area contributed by atoms with E-state index in [1.165, 1.54) is 0 Å². The summed E-state index contributed by atoms with van der Waals surface area (Å²) in [6, 6.07) is 1.70. The lowest BCUT2D eigenvalue weighted by Gasteiger charge is -2.15. The summed E-state index contributed by atoms with van der Waals surface area (Å²) >= 11 is 5.28. The van der Waals surface area contributed by atoms with Crippen LogP contribution in [0.15, 0.2) is 18.2 Å². The molecule has 0 aliphatic rings. The number of ether oxygens (including phenoxy) is 1. The largest absolute Gasteiger partial charge is 0.573 e. The second kappa shape index (κ2) is 4.04. The molecule has 1 rings (SSSR count). The van der Waals surface area contributed by atoms with Gasteiger partial charge in [0.25, 0.3) is 0 Å². The molecule has 1 aromatic carbocycles. The zero-order chi connectivity index (χ0) is 12.6. The first-order chi connectivity index (χ1) is 7.09. The molecule has 8 heteroatoms. The molecule has 16 heavy (non-hydrogen) atoms. The second-order valence-corrected chi connectivity index (χ2v) is 3.12. The SMILES string of the molecule is FC(F)(F)Oc1cc(Cl)ccc1C(F)(F)F. The number of hydrogen-bond donors (Lipinski definition) is 0. The minimum absolute atomic E-state index is 0.285. The van der Waals surface area contributed by atoms with E-state index in [2.05, 4.69) is 4.74 Å². The molecule has 0 radical (unpaired) electrons. The maximum absolute atomic E-state index is 12.3. The minimum Gasteiger partial charge on any atom is -0.405 e. The normalized spacial score (nSPS) is 12.7. The molecule has 0 amide bonds. The first-order valence-electron chi connectivity index (χ1n) is 3.72. The lowest BCUT2D eigenvalue weighted by molar-refractivity contribution is -0.276. The van der Waals surface area contributed by atoms with Gasteiger partial charge in [0, 0.05) is 5.02 Å². The smallest absolute Gasteiger partial charge is 0.405 e. The number of rotatable bonds is 1. The van der Waals surface area contributed by atoms with Crippen LogP contribution in [0.1, 0.15) is 5.56 Å². The number of alkyl halides is 6. The zero-order valence-corrected chi connectivity index (χ0v) is 8.04. The fraction of sp³-hybridized carbons (Fsp3) is 0.250. The third-order valence-electron chi connectivity index (χ3n) is 1.47. The van der Waals surface area contributed by atoms with Gasteiger partial charge in [-0.25, -0.2) is 0 Å². The Hall–Kier alpha value is -1.11. The Bertz CT molecular complexity index is 383. The standard InChI is InChI=1S/C8H3ClF6O/c9-4-1-2-5(7(10,11)12)6(3-4)16-8(13,14)15/h1-3H. The van der Waals surface area contributed by atoms with Crippen LogP contribution in [0.5, 0.6) is 5.75 Å². The summed E-state index contributed by atoms with van der Waals surface area (Å²) in [5.74, 6) is -1.37. The van der Waals surface area contributed by atoms with Crippen LogP contribution >= 0.6 is 11.6 Å². The molecule has 0 saturated heterocycles. The number of hydrogen-bond acceptors (Lipinski definition) is 1. The minimum atomic E-state index is -5.20. The molecule has 0 atom stereocenters. The summed E-state index contributed by atoms with van der Waals surface area (Å²) in [6.07, 6.45) is -10.1. The third kappa shape index (κ3) is 3.48. The highest BCUT2D eigenvalue weighted by atomic mass is 35.5. The molecule has 0 aliphatic heterocycles.